The molecule has 0 unspecified atom stereocenters. The maximum absolute atomic E-state index is 11.9. The Balaban J connectivity index is 1.88. The Bertz CT molecular complexity index is 504. The largest absolute Gasteiger partial charge is 0.465 e. The van der Waals surface area contributed by atoms with Crippen molar-refractivity contribution in [3.63, 3.8) is 0 Å². The van der Waals surface area contributed by atoms with E-state index in [1.807, 2.05) is 24.0 Å². The Labute approximate surface area is 131 Å². The summed E-state index contributed by atoms with van der Waals surface area (Å²) in [4.78, 5) is 25.2. The van der Waals surface area contributed by atoms with Gasteiger partial charge < -0.3 is 14.4 Å². The van der Waals surface area contributed by atoms with Crippen molar-refractivity contribution in [2.75, 3.05) is 33.4 Å². The summed E-state index contributed by atoms with van der Waals surface area (Å²) < 4.78 is 9.87. The predicted octanol–water partition coefficient (Wildman–Crippen LogP) is 2.22. The number of piperidine rings is 1. The van der Waals surface area contributed by atoms with E-state index < -0.39 is 0 Å². The van der Waals surface area contributed by atoms with Crippen molar-refractivity contribution in [3.05, 3.63) is 35.4 Å². The number of benzene rings is 1. The highest BCUT2D eigenvalue weighted by Crippen LogP contribution is 2.28. The van der Waals surface area contributed by atoms with Gasteiger partial charge in [0.2, 0.25) is 5.91 Å². The molecule has 0 radical (unpaired) electrons. The number of amides is 1. The van der Waals surface area contributed by atoms with E-state index in [4.69, 9.17) is 9.47 Å². The Morgan fingerprint density at radius 2 is 1.82 bits per heavy atom. The summed E-state index contributed by atoms with van der Waals surface area (Å²) in [6.07, 6.45) is 1.88. The summed E-state index contributed by atoms with van der Waals surface area (Å²) in [5.74, 6) is 0.187. The number of rotatable bonds is 5. The smallest absolute Gasteiger partial charge is 0.337 e. The molecule has 1 aliphatic heterocycles. The average molecular weight is 305 g/mol. The number of carbonyl (C=O) groups is 2. The van der Waals surface area contributed by atoms with Crippen molar-refractivity contribution in [1.82, 2.24) is 4.90 Å². The van der Waals surface area contributed by atoms with E-state index in [1.165, 1.54) is 12.7 Å². The number of carbonyl (C=O) groups excluding carboxylic acids is 2. The Kier molecular flexibility index (Phi) is 5.95. The SMILES string of the molecule is CCOCC(=O)N1CCC(c2ccc(C(=O)OC)cc2)CC1. The first-order chi connectivity index (χ1) is 10.7. The maximum atomic E-state index is 11.9. The standard InChI is InChI=1S/C17H23NO4/c1-3-22-12-16(19)18-10-8-14(9-11-18)13-4-6-15(7-5-13)17(20)21-2/h4-7,14H,3,8-12H2,1-2H3. The molecule has 0 atom stereocenters. The van der Waals surface area contributed by atoms with Crippen molar-refractivity contribution in [2.24, 2.45) is 0 Å². The second-order valence-electron chi connectivity index (χ2n) is 5.41. The van der Waals surface area contributed by atoms with E-state index in [1.54, 1.807) is 12.1 Å². The fourth-order valence-electron chi connectivity index (χ4n) is 2.75. The lowest BCUT2D eigenvalue weighted by Gasteiger charge is -2.32. The van der Waals surface area contributed by atoms with Gasteiger partial charge in [0, 0.05) is 19.7 Å². The number of nitrogens with zero attached hydrogens (tertiary/aromatic N) is 1. The van der Waals surface area contributed by atoms with Crippen molar-refractivity contribution < 1.29 is 19.1 Å². The molecule has 1 aliphatic rings. The molecule has 0 aliphatic carbocycles. The van der Waals surface area contributed by atoms with E-state index in [0.29, 0.717) is 18.1 Å². The molecule has 0 bridgehead atoms. The molecule has 1 fully saturated rings. The monoisotopic (exact) mass is 305 g/mol. The van der Waals surface area contributed by atoms with Gasteiger partial charge in [-0.3, -0.25) is 4.79 Å². The zero-order valence-electron chi connectivity index (χ0n) is 13.2. The van der Waals surface area contributed by atoms with E-state index in [0.717, 1.165) is 25.9 Å². The zero-order chi connectivity index (χ0) is 15.9. The first-order valence-electron chi connectivity index (χ1n) is 7.69. The van der Waals surface area contributed by atoms with Crippen LogP contribution in [0, 0.1) is 0 Å². The highest BCUT2D eigenvalue weighted by Gasteiger charge is 2.23. The van der Waals surface area contributed by atoms with Crippen LogP contribution in [0.25, 0.3) is 0 Å². The van der Waals surface area contributed by atoms with Crippen LogP contribution in [0.15, 0.2) is 24.3 Å². The quantitative estimate of drug-likeness (QED) is 0.783. The van der Waals surface area contributed by atoms with Gasteiger partial charge in [0.25, 0.3) is 0 Å². The zero-order valence-corrected chi connectivity index (χ0v) is 13.2. The molecule has 0 N–H and O–H groups in total. The number of esters is 1. The van der Waals surface area contributed by atoms with Gasteiger partial charge in [0.1, 0.15) is 6.61 Å². The van der Waals surface area contributed by atoms with E-state index in [-0.39, 0.29) is 18.5 Å². The fourth-order valence-corrected chi connectivity index (χ4v) is 2.75. The molecule has 0 saturated carbocycles. The van der Waals surface area contributed by atoms with Crippen LogP contribution in [0.1, 0.15) is 41.6 Å². The highest BCUT2D eigenvalue weighted by molar-refractivity contribution is 5.89. The lowest BCUT2D eigenvalue weighted by atomic mass is 9.89. The number of hydrogen-bond acceptors (Lipinski definition) is 4. The molecule has 1 aromatic rings. The fraction of sp³-hybridized carbons (Fsp3) is 0.529. The Morgan fingerprint density at radius 1 is 1.18 bits per heavy atom. The van der Waals surface area contributed by atoms with Gasteiger partial charge in [0.05, 0.1) is 12.7 Å². The number of methoxy groups -OCH3 is 1. The predicted molar refractivity (Wildman–Crippen MR) is 82.8 cm³/mol. The van der Waals surface area contributed by atoms with E-state index in [9.17, 15) is 9.59 Å². The molecule has 5 heteroatoms. The Hall–Kier alpha value is -1.88. The molecular formula is C17H23NO4. The summed E-state index contributed by atoms with van der Waals surface area (Å²) in [7, 11) is 1.38. The first-order valence-corrected chi connectivity index (χ1v) is 7.69. The van der Waals surface area contributed by atoms with Crippen LogP contribution < -0.4 is 0 Å². The van der Waals surface area contributed by atoms with Crippen LogP contribution in [0.3, 0.4) is 0 Å². The summed E-state index contributed by atoms with van der Waals surface area (Å²) in [6, 6.07) is 7.56. The van der Waals surface area contributed by atoms with E-state index in [2.05, 4.69) is 0 Å². The van der Waals surface area contributed by atoms with Gasteiger partial charge in [-0.2, -0.15) is 0 Å². The number of likely N-dealkylation sites (tertiary alicyclic amines) is 1. The third-order valence-electron chi connectivity index (χ3n) is 4.08. The molecule has 1 aromatic carbocycles. The van der Waals surface area contributed by atoms with Gasteiger partial charge in [-0.05, 0) is 43.4 Å². The molecule has 0 aromatic heterocycles. The van der Waals surface area contributed by atoms with Crippen LogP contribution in [0.5, 0.6) is 0 Å². The van der Waals surface area contributed by atoms with Crippen LogP contribution in [0.2, 0.25) is 0 Å². The van der Waals surface area contributed by atoms with E-state index >= 15 is 0 Å². The van der Waals surface area contributed by atoms with Gasteiger partial charge >= 0.3 is 5.97 Å². The summed E-state index contributed by atoms with van der Waals surface area (Å²) in [5.41, 5.74) is 1.78. The van der Waals surface area contributed by atoms with Gasteiger partial charge in [-0.25, -0.2) is 4.79 Å². The number of ether oxygens (including phenoxy) is 2. The third-order valence-corrected chi connectivity index (χ3v) is 4.08. The summed E-state index contributed by atoms with van der Waals surface area (Å²) >= 11 is 0. The van der Waals surface area contributed by atoms with Crippen LogP contribution >= 0.6 is 0 Å². The maximum Gasteiger partial charge on any atom is 0.337 e. The molecule has 22 heavy (non-hydrogen) atoms. The van der Waals surface area contributed by atoms with Crippen LogP contribution in [-0.4, -0.2) is 50.2 Å². The second-order valence-corrected chi connectivity index (χ2v) is 5.41. The molecule has 0 spiro atoms. The number of hydrogen-bond donors (Lipinski definition) is 0. The van der Waals surface area contributed by atoms with Gasteiger partial charge in [-0.1, -0.05) is 12.1 Å². The molecular weight excluding hydrogens is 282 g/mol. The van der Waals surface area contributed by atoms with Gasteiger partial charge in [0.15, 0.2) is 0 Å². The van der Waals surface area contributed by atoms with Crippen LogP contribution in [0.4, 0.5) is 0 Å². The van der Waals surface area contributed by atoms with Gasteiger partial charge in [-0.15, -0.1) is 0 Å². The molecule has 1 heterocycles. The van der Waals surface area contributed by atoms with Crippen molar-refractivity contribution in [3.8, 4) is 0 Å². The minimum atomic E-state index is -0.317. The van der Waals surface area contributed by atoms with Crippen LogP contribution in [-0.2, 0) is 14.3 Å². The molecule has 1 saturated heterocycles. The minimum absolute atomic E-state index is 0.0707. The lowest BCUT2D eigenvalue weighted by molar-refractivity contribution is -0.137. The van der Waals surface area contributed by atoms with Crippen molar-refractivity contribution in [1.29, 1.82) is 0 Å². The lowest BCUT2D eigenvalue weighted by Crippen LogP contribution is -2.39. The molecule has 2 rings (SSSR count). The second kappa shape index (κ2) is 7.94. The molecule has 5 nitrogen and oxygen atoms in total. The topological polar surface area (TPSA) is 55.8 Å². The first kappa shape index (κ1) is 16.5. The normalized spacial score (nSPS) is 15.6. The Morgan fingerprint density at radius 3 is 2.36 bits per heavy atom. The summed E-state index contributed by atoms with van der Waals surface area (Å²) in [5, 5.41) is 0. The molecule has 120 valence electrons. The summed E-state index contributed by atoms with van der Waals surface area (Å²) in [6.45, 7) is 4.14. The molecule has 1 amide bonds. The average Bonchev–Trinajstić information content (AvgIpc) is 2.59. The highest BCUT2D eigenvalue weighted by atomic mass is 16.5. The minimum Gasteiger partial charge on any atom is -0.465 e. The van der Waals surface area contributed by atoms with Crippen molar-refractivity contribution in [2.45, 2.75) is 25.7 Å². The third kappa shape index (κ3) is 4.07. The van der Waals surface area contributed by atoms with Crippen molar-refractivity contribution >= 4 is 11.9 Å².